The summed E-state index contributed by atoms with van der Waals surface area (Å²) >= 11 is 6.32. The van der Waals surface area contributed by atoms with Gasteiger partial charge in [-0.05, 0) is 37.4 Å². The molecule has 11 heavy (non-hydrogen) atoms. The third-order valence-corrected chi connectivity index (χ3v) is 3.63. The summed E-state index contributed by atoms with van der Waals surface area (Å²) in [5, 5.41) is 18.3. The van der Waals surface area contributed by atoms with Gasteiger partial charge in [0.25, 0.3) is 0 Å². The van der Waals surface area contributed by atoms with Crippen LogP contribution >= 0.6 is 31.9 Å². The standard InChI is InChI=1S/C7H6Br2O2/c1-3-2-4(10)7(11)6(9)5(3)8/h10-11H,1-2H2. The summed E-state index contributed by atoms with van der Waals surface area (Å²) in [5.74, 6) is -0.172. The van der Waals surface area contributed by atoms with Gasteiger partial charge >= 0.3 is 0 Å². The molecule has 1 rings (SSSR count). The fraction of sp³-hybridized carbons (Fsp3) is 0.143. The number of aliphatic hydroxyl groups is 2. The fourth-order valence-corrected chi connectivity index (χ4v) is 1.59. The van der Waals surface area contributed by atoms with E-state index in [4.69, 9.17) is 5.11 Å². The van der Waals surface area contributed by atoms with Crippen molar-refractivity contribution in [1.82, 2.24) is 0 Å². The maximum Gasteiger partial charge on any atom is 0.169 e. The number of hydrogen-bond acceptors (Lipinski definition) is 2. The summed E-state index contributed by atoms with van der Waals surface area (Å²) in [6.07, 6.45) is 0.293. The topological polar surface area (TPSA) is 40.5 Å². The van der Waals surface area contributed by atoms with Gasteiger partial charge in [0.05, 0.1) is 4.48 Å². The highest BCUT2D eigenvalue weighted by atomic mass is 79.9. The fourth-order valence-electron chi connectivity index (χ4n) is 0.749. The Morgan fingerprint density at radius 3 is 2.27 bits per heavy atom. The number of hydrogen-bond donors (Lipinski definition) is 2. The highest BCUT2D eigenvalue weighted by Crippen LogP contribution is 2.37. The van der Waals surface area contributed by atoms with Crippen LogP contribution in [0.4, 0.5) is 0 Å². The van der Waals surface area contributed by atoms with E-state index in [9.17, 15) is 5.11 Å². The van der Waals surface area contributed by atoms with E-state index in [-0.39, 0.29) is 11.5 Å². The van der Waals surface area contributed by atoms with Crippen molar-refractivity contribution in [3.05, 3.63) is 32.6 Å². The molecule has 0 fully saturated rings. The Labute approximate surface area is 81.2 Å². The van der Waals surface area contributed by atoms with Crippen LogP contribution in [0, 0.1) is 0 Å². The van der Waals surface area contributed by atoms with E-state index >= 15 is 0 Å². The van der Waals surface area contributed by atoms with Gasteiger partial charge in [0.1, 0.15) is 5.76 Å². The molecule has 0 amide bonds. The summed E-state index contributed by atoms with van der Waals surface area (Å²) in [7, 11) is 0. The minimum Gasteiger partial charge on any atom is -0.508 e. The lowest BCUT2D eigenvalue weighted by molar-refractivity contribution is 0.326. The molecule has 2 nitrogen and oxygen atoms in total. The summed E-state index contributed by atoms with van der Waals surface area (Å²) in [5.41, 5.74) is 0.743. The maximum atomic E-state index is 9.19. The molecule has 0 saturated carbocycles. The zero-order valence-corrected chi connectivity index (χ0v) is 8.74. The molecule has 0 heterocycles. The summed E-state index contributed by atoms with van der Waals surface area (Å²) in [6.45, 7) is 3.69. The summed E-state index contributed by atoms with van der Waals surface area (Å²) < 4.78 is 1.15. The molecule has 0 saturated heterocycles. The molecule has 0 bridgehead atoms. The van der Waals surface area contributed by atoms with Crippen LogP contribution in [0.1, 0.15) is 6.42 Å². The Morgan fingerprint density at radius 1 is 1.18 bits per heavy atom. The van der Waals surface area contributed by atoms with E-state index in [1.165, 1.54) is 0 Å². The number of rotatable bonds is 0. The minimum atomic E-state index is -0.121. The van der Waals surface area contributed by atoms with Gasteiger partial charge in [-0.3, -0.25) is 0 Å². The van der Waals surface area contributed by atoms with Gasteiger partial charge < -0.3 is 10.2 Å². The van der Waals surface area contributed by atoms with Gasteiger partial charge in [-0.2, -0.15) is 0 Å². The van der Waals surface area contributed by atoms with Crippen LogP contribution in [0.2, 0.25) is 0 Å². The van der Waals surface area contributed by atoms with E-state index in [2.05, 4.69) is 38.4 Å². The second kappa shape index (κ2) is 3.03. The van der Waals surface area contributed by atoms with Crippen molar-refractivity contribution in [1.29, 1.82) is 0 Å². The first-order valence-electron chi connectivity index (χ1n) is 2.89. The van der Waals surface area contributed by atoms with Crippen LogP contribution in [0.3, 0.4) is 0 Å². The highest BCUT2D eigenvalue weighted by molar-refractivity contribution is 9.14. The molecule has 0 unspecified atom stereocenters. The van der Waals surface area contributed by atoms with Crippen LogP contribution in [0.5, 0.6) is 0 Å². The van der Waals surface area contributed by atoms with Gasteiger partial charge in [0, 0.05) is 10.9 Å². The lowest BCUT2D eigenvalue weighted by atomic mass is 10.1. The SMILES string of the molecule is C=C1CC(O)=C(O)C(Br)=C1Br. The molecule has 4 heteroatoms. The average Bonchev–Trinajstić information content (AvgIpc) is 1.97. The predicted molar refractivity (Wildman–Crippen MR) is 50.9 cm³/mol. The van der Waals surface area contributed by atoms with E-state index in [0.717, 1.165) is 5.57 Å². The molecule has 1 aliphatic carbocycles. The second-order valence-corrected chi connectivity index (χ2v) is 3.79. The van der Waals surface area contributed by atoms with Crippen LogP contribution < -0.4 is 0 Å². The molecular weight excluding hydrogens is 276 g/mol. The number of halogens is 2. The van der Waals surface area contributed by atoms with Gasteiger partial charge in [-0.15, -0.1) is 0 Å². The first-order valence-corrected chi connectivity index (χ1v) is 4.47. The Morgan fingerprint density at radius 2 is 1.73 bits per heavy atom. The molecule has 0 aromatic rings. The van der Waals surface area contributed by atoms with Crippen LogP contribution in [0.25, 0.3) is 0 Å². The Balaban J connectivity index is 3.18. The average molecular weight is 282 g/mol. The third kappa shape index (κ3) is 1.51. The van der Waals surface area contributed by atoms with Gasteiger partial charge in [-0.25, -0.2) is 0 Å². The van der Waals surface area contributed by atoms with Crippen molar-refractivity contribution in [3.8, 4) is 0 Å². The third-order valence-electron chi connectivity index (χ3n) is 1.37. The first-order chi connectivity index (χ1) is 5.04. The minimum absolute atomic E-state index is 0.0509. The van der Waals surface area contributed by atoms with Crippen LogP contribution in [-0.4, -0.2) is 10.2 Å². The highest BCUT2D eigenvalue weighted by Gasteiger charge is 2.19. The normalized spacial score (nSPS) is 19.6. The lowest BCUT2D eigenvalue weighted by Crippen LogP contribution is -2.01. The zero-order valence-electron chi connectivity index (χ0n) is 5.56. The van der Waals surface area contributed by atoms with E-state index in [1.807, 2.05) is 0 Å². The lowest BCUT2D eigenvalue weighted by Gasteiger charge is -2.14. The molecule has 1 aliphatic rings. The van der Waals surface area contributed by atoms with Crippen molar-refractivity contribution < 1.29 is 10.2 Å². The predicted octanol–water partition coefficient (Wildman–Crippen LogP) is 3.28. The van der Waals surface area contributed by atoms with E-state index in [0.29, 0.717) is 15.4 Å². The van der Waals surface area contributed by atoms with Crippen molar-refractivity contribution in [3.63, 3.8) is 0 Å². The summed E-state index contributed by atoms with van der Waals surface area (Å²) in [4.78, 5) is 0. The van der Waals surface area contributed by atoms with Crippen LogP contribution in [-0.2, 0) is 0 Å². The van der Waals surface area contributed by atoms with E-state index < -0.39 is 0 Å². The second-order valence-electron chi connectivity index (χ2n) is 2.20. The monoisotopic (exact) mass is 280 g/mol. The Bertz CT molecular complexity index is 276. The van der Waals surface area contributed by atoms with Gasteiger partial charge in [0.2, 0.25) is 0 Å². The molecule has 0 aromatic carbocycles. The van der Waals surface area contributed by atoms with E-state index in [1.54, 1.807) is 0 Å². The van der Waals surface area contributed by atoms with Gasteiger partial charge in [-0.1, -0.05) is 6.58 Å². The zero-order chi connectivity index (χ0) is 8.59. The van der Waals surface area contributed by atoms with Gasteiger partial charge in [0.15, 0.2) is 5.76 Å². The first kappa shape index (κ1) is 8.87. The van der Waals surface area contributed by atoms with Crippen molar-refractivity contribution in [2.45, 2.75) is 6.42 Å². The van der Waals surface area contributed by atoms with Crippen molar-refractivity contribution >= 4 is 31.9 Å². The smallest absolute Gasteiger partial charge is 0.169 e. The largest absolute Gasteiger partial charge is 0.508 e. The molecular formula is C7H6Br2O2. The molecule has 2 N–H and O–H groups in total. The molecule has 60 valence electrons. The maximum absolute atomic E-state index is 9.19. The number of aliphatic hydroxyl groups excluding tert-OH is 2. The molecule has 0 atom stereocenters. The molecule has 0 aromatic heterocycles. The molecule has 0 spiro atoms. The summed E-state index contributed by atoms with van der Waals surface area (Å²) in [6, 6.07) is 0. The molecule has 0 aliphatic heterocycles. The Kier molecular flexibility index (Phi) is 2.44. The quantitative estimate of drug-likeness (QED) is 0.715. The van der Waals surface area contributed by atoms with Crippen molar-refractivity contribution in [2.24, 2.45) is 0 Å². The molecule has 0 radical (unpaired) electrons. The van der Waals surface area contributed by atoms with Crippen molar-refractivity contribution in [2.75, 3.05) is 0 Å². The number of allylic oxidation sites excluding steroid dienone is 3. The van der Waals surface area contributed by atoms with Crippen LogP contribution in [0.15, 0.2) is 32.6 Å². The Hall–Kier alpha value is -0.220.